The van der Waals surface area contributed by atoms with Crippen molar-refractivity contribution >= 4 is 5.97 Å². The summed E-state index contributed by atoms with van der Waals surface area (Å²) in [6, 6.07) is 0. The summed E-state index contributed by atoms with van der Waals surface area (Å²) < 4.78 is 4.88. The van der Waals surface area contributed by atoms with Crippen LogP contribution in [0.2, 0.25) is 0 Å². The molecule has 1 aliphatic rings. The van der Waals surface area contributed by atoms with Crippen molar-refractivity contribution in [2.45, 2.75) is 20.3 Å². The fourth-order valence-electron chi connectivity index (χ4n) is 1.20. The van der Waals surface area contributed by atoms with Gasteiger partial charge in [-0.15, -0.1) is 6.58 Å². The van der Waals surface area contributed by atoms with Crippen LogP contribution in [0.15, 0.2) is 12.7 Å². The zero-order chi connectivity index (χ0) is 8.48. The molecule has 62 valence electrons. The van der Waals surface area contributed by atoms with E-state index in [1.807, 2.05) is 19.9 Å². The van der Waals surface area contributed by atoms with Crippen LogP contribution in [-0.4, -0.2) is 12.6 Å². The van der Waals surface area contributed by atoms with Crippen LogP contribution in [0.3, 0.4) is 0 Å². The van der Waals surface area contributed by atoms with Gasteiger partial charge in [-0.25, -0.2) is 0 Å². The maximum absolute atomic E-state index is 11.1. The van der Waals surface area contributed by atoms with E-state index in [1.165, 1.54) is 0 Å². The standard InChI is InChI=1S/C9H14O2/c1-4-9(3)6-7(9)8(10)11-5-2/h4,7H,1,5-6H2,2-3H3/t7-,9-/m1/s1. The largest absolute Gasteiger partial charge is 0.466 e. The number of carbonyl (C=O) groups is 1. The van der Waals surface area contributed by atoms with Gasteiger partial charge in [0.2, 0.25) is 0 Å². The molecule has 2 nitrogen and oxygen atoms in total. The van der Waals surface area contributed by atoms with E-state index in [4.69, 9.17) is 4.74 Å². The smallest absolute Gasteiger partial charge is 0.309 e. The summed E-state index contributed by atoms with van der Waals surface area (Å²) in [7, 11) is 0. The van der Waals surface area contributed by atoms with Gasteiger partial charge in [0.15, 0.2) is 0 Å². The van der Waals surface area contributed by atoms with Crippen molar-refractivity contribution < 1.29 is 9.53 Å². The van der Waals surface area contributed by atoms with Crippen molar-refractivity contribution in [3.05, 3.63) is 12.7 Å². The van der Waals surface area contributed by atoms with Crippen molar-refractivity contribution in [1.29, 1.82) is 0 Å². The van der Waals surface area contributed by atoms with Gasteiger partial charge in [0, 0.05) is 0 Å². The highest BCUT2D eigenvalue weighted by atomic mass is 16.5. The van der Waals surface area contributed by atoms with Crippen LogP contribution < -0.4 is 0 Å². The molecule has 0 radical (unpaired) electrons. The van der Waals surface area contributed by atoms with E-state index in [9.17, 15) is 4.79 Å². The zero-order valence-corrected chi connectivity index (χ0v) is 7.09. The minimum absolute atomic E-state index is 0.0201. The molecule has 0 spiro atoms. The highest BCUT2D eigenvalue weighted by Crippen LogP contribution is 2.53. The predicted octanol–water partition coefficient (Wildman–Crippen LogP) is 1.76. The molecule has 0 saturated heterocycles. The second-order valence-corrected chi connectivity index (χ2v) is 3.22. The highest BCUT2D eigenvalue weighted by molar-refractivity contribution is 5.77. The number of esters is 1. The van der Waals surface area contributed by atoms with Crippen molar-refractivity contribution in [2.75, 3.05) is 6.61 Å². The fourth-order valence-corrected chi connectivity index (χ4v) is 1.20. The Morgan fingerprint density at radius 1 is 1.91 bits per heavy atom. The minimum atomic E-state index is -0.0742. The third-order valence-corrected chi connectivity index (χ3v) is 2.32. The van der Waals surface area contributed by atoms with Crippen LogP contribution in [0.5, 0.6) is 0 Å². The molecule has 0 amide bonds. The van der Waals surface area contributed by atoms with E-state index >= 15 is 0 Å². The fraction of sp³-hybridized carbons (Fsp3) is 0.667. The van der Waals surface area contributed by atoms with E-state index < -0.39 is 0 Å². The number of ether oxygens (including phenoxy) is 1. The van der Waals surface area contributed by atoms with Gasteiger partial charge in [0.05, 0.1) is 12.5 Å². The number of hydrogen-bond acceptors (Lipinski definition) is 2. The number of rotatable bonds is 3. The van der Waals surface area contributed by atoms with Gasteiger partial charge in [-0.05, 0) is 18.8 Å². The van der Waals surface area contributed by atoms with E-state index in [0.717, 1.165) is 6.42 Å². The van der Waals surface area contributed by atoms with Gasteiger partial charge in [0.25, 0.3) is 0 Å². The molecule has 1 aliphatic carbocycles. The first kappa shape index (κ1) is 8.31. The van der Waals surface area contributed by atoms with E-state index in [1.54, 1.807) is 0 Å². The maximum atomic E-state index is 11.1. The van der Waals surface area contributed by atoms with E-state index in [-0.39, 0.29) is 17.3 Å². The minimum Gasteiger partial charge on any atom is -0.466 e. The molecule has 1 rings (SSSR count). The third-order valence-electron chi connectivity index (χ3n) is 2.32. The quantitative estimate of drug-likeness (QED) is 0.457. The summed E-state index contributed by atoms with van der Waals surface area (Å²) in [4.78, 5) is 11.1. The lowest BCUT2D eigenvalue weighted by Crippen LogP contribution is -2.10. The van der Waals surface area contributed by atoms with Gasteiger partial charge in [-0.1, -0.05) is 13.0 Å². The Morgan fingerprint density at radius 2 is 2.55 bits per heavy atom. The van der Waals surface area contributed by atoms with Crippen LogP contribution in [0.25, 0.3) is 0 Å². The van der Waals surface area contributed by atoms with Crippen molar-refractivity contribution in [2.24, 2.45) is 11.3 Å². The Kier molecular flexibility index (Phi) is 2.03. The molecule has 0 aliphatic heterocycles. The van der Waals surface area contributed by atoms with Crippen molar-refractivity contribution in [3.8, 4) is 0 Å². The van der Waals surface area contributed by atoms with Crippen LogP contribution in [-0.2, 0) is 9.53 Å². The highest BCUT2D eigenvalue weighted by Gasteiger charge is 2.53. The van der Waals surface area contributed by atoms with E-state index in [2.05, 4.69) is 6.58 Å². The van der Waals surface area contributed by atoms with Gasteiger partial charge in [0.1, 0.15) is 0 Å². The number of hydrogen-bond donors (Lipinski definition) is 0. The molecule has 0 aromatic heterocycles. The first-order valence-electron chi connectivity index (χ1n) is 3.94. The van der Waals surface area contributed by atoms with Crippen LogP contribution in [0.4, 0.5) is 0 Å². The zero-order valence-electron chi connectivity index (χ0n) is 7.09. The molecule has 2 atom stereocenters. The Hall–Kier alpha value is -0.790. The van der Waals surface area contributed by atoms with Crippen molar-refractivity contribution in [3.63, 3.8) is 0 Å². The molecule has 0 aromatic rings. The molecule has 1 saturated carbocycles. The summed E-state index contributed by atoms with van der Waals surface area (Å²) in [5, 5.41) is 0. The normalized spacial score (nSPS) is 34.5. The van der Waals surface area contributed by atoms with Gasteiger partial charge in [-0.2, -0.15) is 0 Å². The topological polar surface area (TPSA) is 26.3 Å². The Bertz CT molecular complexity index is 186. The molecule has 0 heterocycles. The summed E-state index contributed by atoms with van der Waals surface area (Å²) in [5.74, 6) is -0.00477. The predicted molar refractivity (Wildman–Crippen MR) is 43.0 cm³/mol. The Labute approximate surface area is 67.2 Å². The molecule has 0 N–H and O–H groups in total. The Balaban J connectivity index is 2.42. The second-order valence-electron chi connectivity index (χ2n) is 3.22. The van der Waals surface area contributed by atoms with Crippen LogP contribution in [0.1, 0.15) is 20.3 Å². The second kappa shape index (κ2) is 2.68. The summed E-state index contributed by atoms with van der Waals surface area (Å²) in [6.45, 7) is 8.01. The monoisotopic (exact) mass is 154 g/mol. The SMILES string of the molecule is C=C[C@]1(C)C[C@@H]1C(=O)OCC. The maximum Gasteiger partial charge on any atom is 0.309 e. The first-order chi connectivity index (χ1) is 5.14. The molecule has 2 heteroatoms. The van der Waals surface area contributed by atoms with Gasteiger partial charge in [-0.3, -0.25) is 4.79 Å². The molecular formula is C9H14O2. The molecule has 1 fully saturated rings. The van der Waals surface area contributed by atoms with Gasteiger partial charge >= 0.3 is 5.97 Å². The number of allylic oxidation sites excluding steroid dienone is 1. The lowest BCUT2D eigenvalue weighted by molar-refractivity contribution is -0.145. The number of carbonyl (C=O) groups excluding carboxylic acids is 1. The first-order valence-corrected chi connectivity index (χ1v) is 3.94. The molecular weight excluding hydrogens is 140 g/mol. The Morgan fingerprint density at radius 3 is 2.91 bits per heavy atom. The van der Waals surface area contributed by atoms with E-state index in [0.29, 0.717) is 6.61 Å². The summed E-state index contributed by atoms with van der Waals surface area (Å²) in [6.07, 6.45) is 2.74. The third kappa shape index (κ3) is 1.44. The summed E-state index contributed by atoms with van der Waals surface area (Å²) >= 11 is 0. The average molecular weight is 154 g/mol. The summed E-state index contributed by atoms with van der Waals surface area (Å²) in [5.41, 5.74) is 0.0201. The lowest BCUT2D eigenvalue weighted by atomic mass is 10.1. The molecule has 0 unspecified atom stereocenters. The molecule has 0 aromatic carbocycles. The van der Waals surface area contributed by atoms with Crippen LogP contribution in [0, 0.1) is 11.3 Å². The average Bonchev–Trinajstić information content (AvgIpc) is 2.65. The van der Waals surface area contributed by atoms with Crippen LogP contribution >= 0.6 is 0 Å². The molecule has 11 heavy (non-hydrogen) atoms. The lowest BCUT2D eigenvalue weighted by Gasteiger charge is -2.03. The van der Waals surface area contributed by atoms with Crippen molar-refractivity contribution in [1.82, 2.24) is 0 Å². The molecule has 0 bridgehead atoms. The van der Waals surface area contributed by atoms with Gasteiger partial charge < -0.3 is 4.74 Å².